The summed E-state index contributed by atoms with van der Waals surface area (Å²) in [5, 5.41) is 3.49. The van der Waals surface area contributed by atoms with E-state index in [9.17, 15) is 4.79 Å². The normalized spacial score (nSPS) is 21.9. The van der Waals surface area contributed by atoms with Crippen LogP contribution in [0.1, 0.15) is 12.5 Å². The molecule has 1 unspecified atom stereocenters. The van der Waals surface area contributed by atoms with Crippen molar-refractivity contribution in [2.24, 2.45) is 0 Å². The fourth-order valence-electron chi connectivity index (χ4n) is 3.02. The Kier molecular flexibility index (Phi) is 2.24. The number of benzene rings is 1. The third kappa shape index (κ3) is 1.43. The van der Waals surface area contributed by atoms with Gasteiger partial charge in [0.15, 0.2) is 5.78 Å². The topological polar surface area (TPSA) is 38.3 Å². The SMILES string of the molecule is CC(=O)C1=C2C(=CC=C3c4ccccc4NC32)OC=C1. The van der Waals surface area contributed by atoms with Gasteiger partial charge in [-0.1, -0.05) is 24.3 Å². The summed E-state index contributed by atoms with van der Waals surface area (Å²) in [7, 11) is 0. The number of para-hydroxylation sites is 1. The summed E-state index contributed by atoms with van der Waals surface area (Å²) in [6, 6.07) is 8.19. The van der Waals surface area contributed by atoms with Crippen LogP contribution in [-0.2, 0) is 9.53 Å². The third-order valence-corrected chi connectivity index (χ3v) is 3.92. The van der Waals surface area contributed by atoms with Gasteiger partial charge in [-0.2, -0.15) is 0 Å². The van der Waals surface area contributed by atoms with E-state index in [0.717, 1.165) is 22.6 Å². The molecule has 20 heavy (non-hydrogen) atoms. The van der Waals surface area contributed by atoms with Crippen LogP contribution >= 0.6 is 0 Å². The van der Waals surface area contributed by atoms with Crippen LogP contribution in [0.15, 0.2) is 65.7 Å². The monoisotopic (exact) mass is 263 g/mol. The Hall–Kier alpha value is -2.55. The molecule has 0 bridgehead atoms. The van der Waals surface area contributed by atoms with Crippen LogP contribution in [0.5, 0.6) is 0 Å². The molecule has 3 nitrogen and oxygen atoms in total. The molecule has 98 valence electrons. The van der Waals surface area contributed by atoms with Crippen LogP contribution in [0.25, 0.3) is 5.57 Å². The molecule has 1 aromatic carbocycles. The van der Waals surface area contributed by atoms with Crippen molar-refractivity contribution in [1.82, 2.24) is 0 Å². The second-order valence-corrected chi connectivity index (χ2v) is 5.08. The Bertz CT molecular complexity index is 750. The lowest BCUT2D eigenvalue weighted by Gasteiger charge is -2.27. The van der Waals surface area contributed by atoms with Crippen LogP contribution in [0, 0.1) is 0 Å². The molecule has 1 aliphatic carbocycles. The van der Waals surface area contributed by atoms with Gasteiger partial charge in [0.2, 0.25) is 0 Å². The zero-order chi connectivity index (χ0) is 13.7. The van der Waals surface area contributed by atoms with E-state index in [-0.39, 0.29) is 11.8 Å². The van der Waals surface area contributed by atoms with Crippen molar-refractivity contribution in [3.63, 3.8) is 0 Å². The average Bonchev–Trinajstić information content (AvgIpc) is 2.85. The van der Waals surface area contributed by atoms with Crippen molar-refractivity contribution in [2.45, 2.75) is 13.0 Å². The summed E-state index contributed by atoms with van der Waals surface area (Å²) in [5.41, 5.74) is 5.14. The lowest BCUT2D eigenvalue weighted by molar-refractivity contribution is -0.113. The van der Waals surface area contributed by atoms with Gasteiger partial charge in [0.05, 0.1) is 12.3 Å². The fourth-order valence-corrected chi connectivity index (χ4v) is 3.02. The van der Waals surface area contributed by atoms with E-state index in [0.29, 0.717) is 0 Å². The molecule has 0 radical (unpaired) electrons. The minimum absolute atomic E-state index is 0.00347. The van der Waals surface area contributed by atoms with Crippen LogP contribution in [0.4, 0.5) is 5.69 Å². The molecule has 1 N–H and O–H groups in total. The molecular formula is C17H13NO2. The van der Waals surface area contributed by atoms with Gasteiger partial charge in [0.1, 0.15) is 5.76 Å². The zero-order valence-electron chi connectivity index (χ0n) is 11.0. The van der Waals surface area contributed by atoms with Gasteiger partial charge in [0, 0.05) is 22.4 Å². The van der Waals surface area contributed by atoms with Crippen molar-refractivity contribution in [1.29, 1.82) is 0 Å². The van der Waals surface area contributed by atoms with Crippen molar-refractivity contribution in [3.05, 3.63) is 71.2 Å². The lowest BCUT2D eigenvalue weighted by Crippen LogP contribution is -2.25. The van der Waals surface area contributed by atoms with E-state index < -0.39 is 0 Å². The molecule has 1 atom stereocenters. The van der Waals surface area contributed by atoms with Gasteiger partial charge in [-0.05, 0) is 30.7 Å². The van der Waals surface area contributed by atoms with Crippen molar-refractivity contribution in [2.75, 3.05) is 5.32 Å². The molecule has 3 aliphatic rings. The molecule has 0 aromatic heterocycles. The number of fused-ring (bicyclic) bond motifs is 5. The smallest absolute Gasteiger partial charge is 0.160 e. The van der Waals surface area contributed by atoms with E-state index in [1.807, 2.05) is 18.2 Å². The number of carbonyl (C=O) groups excluding carboxylic acids is 1. The maximum absolute atomic E-state index is 11.9. The summed E-state index contributed by atoms with van der Waals surface area (Å²) >= 11 is 0. The Morgan fingerprint density at radius 2 is 2.10 bits per heavy atom. The molecule has 4 rings (SSSR count). The average molecular weight is 263 g/mol. The number of ketones is 1. The number of nitrogens with one attached hydrogen (secondary N) is 1. The molecule has 1 aromatic rings. The number of carbonyl (C=O) groups is 1. The Labute approximate surface area is 116 Å². The van der Waals surface area contributed by atoms with Crippen molar-refractivity contribution < 1.29 is 9.53 Å². The minimum atomic E-state index is -0.00347. The highest BCUT2D eigenvalue weighted by atomic mass is 16.5. The van der Waals surface area contributed by atoms with Crippen molar-refractivity contribution >= 4 is 17.0 Å². The van der Waals surface area contributed by atoms with Crippen LogP contribution in [-0.4, -0.2) is 11.8 Å². The van der Waals surface area contributed by atoms with E-state index in [1.54, 1.807) is 19.3 Å². The summed E-state index contributed by atoms with van der Waals surface area (Å²) < 4.78 is 5.56. The highest BCUT2D eigenvalue weighted by Gasteiger charge is 2.36. The number of ether oxygens (including phenoxy) is 1. The summed E-state index contributed by atoms with van der Waals surface area (Å²) in [4.78, 5) is 11.9. The van der Waals surface area contributed by atoms with Gasteiger partial charge in [-0.15, -0.1) is 0 Å². The molecule has 0 saturated heterocycles. The molecular weight excluding hydrogens is 250 g/mol. The van der Waals surface area contributed by atoms with Crippen LogP contribution < -0.4 is 5.32 Å². The molecule has 3 heteroatoms. The number of anilines is 1. The van der Waals surface area contributed by atoms with Crippen LogP contribution in [0.2, 0.25) is 0 Å². The molecule has 0 spiro atoms. The lowest BCUT2D eigenvalue weighted by atomic mass is 9.86. The highest BCUT2D eigenvalue weighted by Crippen LogP contribution is 2.44. The maximum atomic E-state index is 11.9. The first-order valence-electron chi connectivity index (χ1n) is 6.62. The first-order chi connectivity index (χ1) is 9.75. The largest absolute Gasteiger partial charge is 0.465 e. The molecule has 0 saturated carbocycles. The predicted molar refractivity (Wildman–Crippen MR) is 77.8 cm³/mol. The number of Topliss-reactive ketones (excluding diaryl/α,β-unsaturated/α-hetero) is 1. The Morgan fingerprint density at radius 1 is 1.25 bits per heavy atom. The summed E-state index contributed by atoms with van der Waals surface area (Å²) in [5.74, 6) is 0.816. The van der Waals surface area contributed by atoms with Gasteiger partial charge in [-0.3, -0.25) is 4.79 Å². The van der Waals surface area contributed by atoms with Gasteiger partial charge < -0.3 is 10.1 Å². The number of rotatable bonds is 1. The van der Waals surface area contributed by atoms with Gasteiger partial charge in [-0.25, -0.2) is 0 Å². The predicted octanol–water partition coefficient (Wildman–Crippen LogP) is 3.19. The quantitative estimate of drug-likeness (QED) is 0.845. The number of allylic oxidation sites excluding steroid dienone is 4. The Balaban J connectivity index is 1.92. The van der Waals surface area contributed by atoms with Gasteiger partial charge >= 0.3 is 0 Å². The van der Waals surface area contributed by atoms with E-state index in [2.05, 4.69) is 23.5 Å². The molecule has 2 aliphatic heterocycles. The van der Waals surface area contributed by atoms with E-state index in [4.69, 9.17) is 4.74 Å². The number of hydrogen-bond donors (Lipinski definition) is 1. The zero-order valence-corrected chi connectivity index (χ0v) is 11.0. The van der Waals surface area contributed by atoms with E-state index >= 15 is 0 Å². The van der Waals surface area contributed by atoms with Gasteiger partial charge in [0.25, 0.3) is 0 Å². The summed E-state index contributed by atoms with van der Waals surface area (Å²) in [6.45, 7) is 1.59. The first-order valence-corrected chi connectivity index (χ1v) is 6.62. The minimum Gasteiger partial charge on any atom is -0.465 e. The summed E-state index contributed by atoms with van der Waals surface area (Å²) in [6.07, 6.45) is 7.34. The van der Waals surface area contributed by atoms with Crippen LogP contribution in [0.3, 0.4) is 0 Å². The van der Waals surface area contributed by atoms with E-state index in [1.165, 1.54) is 11.1 Å². The second-order valence-electron chi connectivity index (χ2n) is 5.08. The molecule has 0 fully saturated rings. The highest BCUT2D eigenvalue weighted by molar-refractivity contribution is 6.01. The standard InChI is InChI=1S/C17H13NO2/c1-10(19)11-8-9-20-15-7-6-13-12-4-2-3-5-14(12)18-17(13)16(11)15/h2-9,17-18H,1H3. The first kappa shape index (κ1) is 11.3. The fraction of sp³-hybridized carbons (Fsp3) is 0.118. The Morgan fingerprint density at radius 3 is 2.95 bits per heavy atom. The second kappa shape index (κ2) is 3.97. The third-order valence-electron chi connectivity index (χ3n) is 3.92. The van der Waals surface area contributed by atoms with Crippen molar-refractivity contribution in [3.8, 4) is 0 Å². The molecule has 2 heterocycles. The maximum Gasteiger partial charge on any atom is 0.160 e. The molecule has 0 amide bonds. The number of hydrogen-bond acceptors (Lipinski definition) is 3.